The highest BCUT2D eigenvalue weighted by molar-refractivity contribution is 5.49. The van der Waals surface area contributed by atoms with Gasteiger partial charge in [-0.3, -0.25) is 0 Å². The van der Waals surface area contributed by atoms with Gasteiger partial charge >= 0.3 is 0 Å². The Bertz CT molecular complexity index is 544. The van der Waals surface area contributed by atoms with E-state index in [1.54, 1.807) is 0 Å². The zero-order chi connectivity index (χ0) is 14.5. The van der Waals surface area contributed by atoms with Crippen LogP contribution in [0.3, 0.4) is 0 Å². The van der Waals surface area contributed by atoms with E-state index in [0.717, 1.165) is 19.5 Å². The molecule has 2 aromatic carbocycles. The molecular formula is C19H24N2. The molecule has 1 fully saturated rings. The first-order chi connectivity index (χ1) is 10.3. The summed E-state index contributed by atoms with van der Waals surface area (Å²) in [6.45, 7) is 2.19. The molecule has 2 heteroatoms. The highest BCUT2D eigenvalue weighted by Crippen LogP contribution is 2.31. The van der Waals surface area contributed by atoms with Gasteiger partial charge in [0.2, 0.25) is 0 Å². The van der Waals surface area contributed by atoms with Crippen LogP contribution < -0.4 is 10.2 Å². The molecule has 1 aliphatic rings. The lowest BCUT2D eigenvalue weighted by Crippen LogP contribution is -2.58. The summed E-state index contributed by atoms with van der Waals surface area (Å²) in [7, 11) is 2.24. The Hall–Kier alpha value is -1.80. The van der Waals surface area contributed by atoms with Crippen LogP contribution >= 0.6 is 0 Å². The van der Waals surface area contributed by atoms with Gasteiger partial charge in [-0.05, 0) is 43.5 Å². The third-order valence-corrected chi connectivity index (χ3v) is 4.68. The molecule has 1 heterocycles. The van der Waals surface area contributed by atoms with Crippen LogP contribution in [0.4, 0.5) is 5.69 Å². The minimum absolute atomic E-state index is 0.168. The first kappa shape index (κ1) is 14.2. The van der Waals surface area contributed by atoms with E-state index in [0.29, 0.717) is 0 Å². The third-order valence-electron chi connectivity index (χ3n) is 4.68. The van der Waals surface area contributed by atoms with Gasteiger partial charge in [0.05, 0.1) is 5.54 Å². The second-order valence-corrected chi connectivity index (χ2v) is 6.06. The summed E-state index contributed by atoms with van der Waals surface area (Å²) < 4.78 is 0. The van der Waals surface area contributed by atoms with Gasteiger partial charge in [-0.15, -0.1) is 0 Å². The second-order valence-electron chi connectivity index (χ2n) is 6.06. The molecule has 0 aliphatic carbocycles. The van der Waals surface area contributed by atoms with Crippen molar-refractivity contribution in [2.75, 3.05) is 25.0 Å². The number of piperidine rings is 1. The summed E-state index contributed by atoms with van der Waals surface area (Å²) in [6, 6.07) is 21.6. The quantitative estimate of drug-likeness (QED) is 0.922. The lowest BCUT2D eigenvalue weighted by Gasteiger charge is -2.46. The predicted octanol–water partition coefficient (Wildman–Crippen LogP) is 3.49. The fraction of sp³-hybridized carbons (Fsp3) is 0.368. The van der Waals surface area contributed by atoms with Crippen molar-refractivity contribution in [1.82, 2.24) is 5.32 Å². The zero-order valence-corrected chi connectivity index (χ0v) is 12.8. The Kier molecular flexibility index (Phi) is 4.26. The number of para-hydroxylation sites is 1. The Morgan fingerprint density at radius 2 is 1.67 bits per heavy atom. The van der Waals surface area contributed by atoms with E-state index in [4.69, 9.17) is 0 Å². The topological polar surface area (TPSA) is 15.3 Å². The fourth-order valence-electron chi connectivity index (χ4n) is 3.41. The molecule has 0 radical (unpaired) electrons. The monoisotopic (exact) mass is 280 g/mol. The van der Waals surface area contributed by atoms with Crippen LogP contribution in [0.2, 0.25) is 0 Å². The molecule has 0 aromatic heterocycles. The van der Waals surface area contributed by atoms with Crippen LogP contribution in [0, 0.1) is 0 Å². The summed E-state index contributed by atoms with van der Waals surface area (Å²) in [6.07, 6.45) is 3.57. The van der Waals surface area contributed by atoms with Gasteiger partial charge in [0.15, 0.2) is 0 Å². The molecule has 0 amide bonds. The van der Waals surface area contributed by atoms with Crippen LogP contribution in [-0.2, 0) is 6.42 Å². The maximum absolute atomic E-state index is 3.60. The van der Waals surface area contributed by atoms with E-state index >= 15 is 0 Å². The summed E-state index contributed by atoms with van der Waals surface area (Å²) in [5.41, 5.74) is 2.89. The maximum Gasteiger partial charge on any atom is 0.0563 e. The van der Waals surface area contributed by atoms with Crippen molar-refractivity contribution >= 4 is 5.69 Å². The molecule has 1 N–H and O–H groups in total. The molecule has 2 aromatic rings. The van der Waals surface area contributed by atoms with Crippen molar-refractivity contribution in [2.24, 2.45) is 0 Å². The van der Waals surface area contributed by atoms with E-state index in [9.17, 15) is 0 Å². The van der Waals surface area contributed by atoms with E-state index in [1.807, 2.05) is 0 Å². The molecule has 0 bridgehead atoms. The Morgan fingerprint density at radius 3 is 2.29 bits per heavy atom. The number of rotatable bonds is 4. The number of likely N-dealkylation sites (N-methyl/N-ethyl adjacent to an activating group) is 1. The van der Waals surface area contributed by atoms with Crippen molar-refractivity contribution in [3.63, 3.8) is 0 Å². The molecule has 0 spiro atoms. The zero-order valence-electron chi connectivity index (χ0n) is 12.8. The maximum atomic E-state index is 3.60. The van der Waals surface area contributed by atoms with Crippen LogP contribution in [0.25, 0.3) is 0 Å². The van der Waals surface area contributed by atoms with Gasteiger partial charge in [0.1, 0.15) is 0 Å². The molecule has 1 atom stereocenters. The smallest absolute Gasteiger partial charge is 0.0563 e. The van der Waals surface area contributed by atoms with Gasteiger partial charge in [0, 0.05) is 19.3 Å². The van der Waals surface area contributed by atoms with E-state index in [-0.39, 0.29) is 5.54 Å². The first-order valence-electron chi connectivity index (χ1n) is 7.84. The number of nitrogens with one attached hydrogen (secondary N) is 1. The number of hydrogen-bond donors (Lipinski definition) is 1. The number of benzene rings is 2. The van der Waals surface area contributed by atoms with Gasteiger partial charge in [-0.1, -0.05) is 48.5 Å². The Morgan fingerprint density at radius 1 is 1.00 bits per heavy atom. The average Bonchev–Trinajstić information content (AvgIpc) is 2.57. The largest absolute Gasteiger partial charge is 0.367 e. The van der Waals surface area contributed by atoms with Crippen molar-refractivity contribution in [2.45, 2.75) is 24.8 Å². The number of hydrogen-bond acceptors (Lipinski definition) is 2. The highest BCUT2D eigenvalue weighted by Gasteiger charge is 2.36. The molecule has 1 unspecified atom stereocenters. The molecule has 1 aliphatic heterocycles. The van der Waals surface area contributed by atoms with Gasteiger partial charge in [-0.2, -0.15) is 0 Å². The minimum Gasteiger partial charge on any atom is -0.367 e. The van der Waals surface area contributed by atoms with Crippen molar-refractivity contribution in [3.05, 3.63) is 66.2 Å². The standard InChI is InChI=1S/C19H24N2/c1-21(18-11-6-3-7-12-18)19(13-8-14-20-16-19)15-17-9-4-2-5-10-17/h2-7,9-12,20H,8,13-16H2,1H3. The Labute approximate surface area is 127 Å². The molecule has 21 heavy (non-hydrogen) atoms. The van der Waals surface area contributed by atoms with Crippen LogP contribution in [-0.4, -0.2) is 25.7 Å². The molecule has 110 valence electrons. The number of anilines is 1. The summed E-state index contributed by atoms with van der Waals surface area (Å²) in [5.74, 6) is 0. The normalized spacial score (nSPS) is 22.0. The average molecular weight is 280 g/mol. The SMILES string of the molecule is CN(c1ccccc1)C1(Cc2ccccc2)CCCNC1. The van der Waals surface area contributed by atoms with Gasteiger partial charge in [0.25, 0.3) is 0 Å². The van der Waals surface area contributed by atoms with E-state index in [1.165, 1.54) is 24.1 Å². The highest BCUT2D eigenvalue weighted by atomic mass is 15.2. The lowest BCUT2D eigenvalue weighted by molar-refractivity contribution is 0.300. The van der Waals surface area contributed by atoms with E-state index < -0.39 is 0 Å². The van der Waals surface area contributed by atoms with Gasteiger partial charge < -0.3 is 10.2 Å². The molecule has 0 saturated carbocycles. The van der Waals surface area contributed by atoms with Crippen LogP contribution in [0.1, 0.15) is 18.4 Å². The molecule has 3 rings (SSSR count). The van der Waals surface area contributed by atoms with Crippen molar-refractivity contribution in [1.29, 1.82) is 0 Å². The molecule has 2 nitrogen and oxygen atoms in total. The number of nitrogens with zero attached hydrogens (tertiary/aromatic N) is 1. The first-order valence-corrected chi connectivity index (χ1v) is 7.84. The lowest BCUT2D eigenvalue weighted by atomic mass is 9.82. The molecule has 1 saturated heterocycles. The predicted molar refractivity (Wildman–Crippen MR) is 89.8 cm³/mol. The summed E-state index contributed by atoms with van der Waals surface area (Å²) in [5, 5.41) is 3.60. The molecular weight excluding hydrogens is 256 g/mol. The minimum atomic E-state index is 0.168. The Balaban J connectivity index is 1.89. The third kappa shape index (κ3) is 3.11. The van der Waals surface area contributed by atoms with E-state index in [2.05, 4.69) is 77.9 Å². The van der Waals surface area contributed by atoms with Crippen molar-refractivity contribution < 1.29 is 0 Å². The van der Waals surface area contributed by atoms with Crippen molar-refractivity contribution in [3.8, 4) is 0 Å². The van der Waals surface area contributed by atoms with Gasteiger partial charge in [-0.25, -0.2) is 0 Å². The second kappa shape index (κ2) is 6.31. The van der Waals surface area contributed by atoms with Crippen LogP contribution in [0.15, 0.2) is 60.7 Å². The summed E-state index contributed by atoms with van der Waals surface area (Å²) in [4.78, 5) is 2.48. The fourth-order valence-corrected chi connectivity index (χ4v) is 3.41. The summed E-state index contributed by atoms with van der Waals surface area (Å²) >= 11 is 0. The van der Waals surface area contributed by atoms with Crippen LogP contribution in [0.5, 0.6) is 0 Å².